The molecular weight excluding hydrogens is 480 g/mol. The number of carboxylic acids is 1. The zero-order valence-electron chi connectivity index (χ0n) is 20.7. The summed E-state index contributed by atoms with van der Waals surface area (Å²) in [5.74, 6) is -2.99. The van der Waals surface area contributed by atoms with E-state index < -0.39 is 48.6 Å². The predicted octanol–water partition coefficient (Wildman–Crippen LogP) is -0.877. The molecule has 3 amide bonds. The van der Waals surface area contributed by atoms with Gasteiger partial charge in [0.2, 0.25) is 17.7 Å². The fraction of sp³-hybridized carbons (Fsp3) is 0.520. The Labute approximate surface area is 214 Å². The smallest absolute Gasteiger partial charge is 0.328 e. The highest BCUT2D eigenvalue weighted by Gasteiger charge is 2.31. The van der Waals surface area contributed by atoms with Crippen LogP contribution in [0.25, 0.3) is 10.9 Å². The number of aliphatic hydroxyl groups is 1. The number of aliphatic carboxylic acids is 1. The van der Waals surface area contributed by atoms with Crippen molar-refractivity contribution in [3.8, 4) is 0 Å². The van der Waals surface area contributed by atoms with Gasteiger partial charge in [0.05, 0.1) is 12.6 Å². The van der Waals surface area contributed by atoms with E-state index in [1.165, 1.54) is 0 Å². The molecule has 1 aromatic heterocycles. The van der Waals surface area contributed by atoms with Gasteiger partial charge in [-0.1, -0.05) is 18.2 Å². The molecule has 9 N–H and O–H groups in total. The molecule has 0 saturated carbocycles. The van der Waals surface area contributed by atoms with Crippen LogP contribution in [0.5, 0.6) is 0 Å². The van der Waals surface area contributed by atoms with Gasteiger partial charge < -0.3 is 42.2 Å². The molecule has 4 atom stereocenters. The third-order valence-corrected chi connectivity index (χ3v) is 6.49. The Hall–Kier alpha value is -3.48. The molecule has 37 heavy (non-hydrogen) atoms. The third-order valence-electron chi connectivity index (χ3n) is 6.49. The number of hydrogen-bond acceptors (Lipinski definition) is 7. The molecule has 1 aliphatic heterocycles. The van der Waals surface area contributed by atoms with Crippen molar-refractivity contribution in [1.29, 1.82) is 0 Å². The van der Waals surface area contributed by atoms with Gasteiger partial charge in [-0.2, -0.15) is 0 Å². The van der Waals surface area contributed by atoms with Crippen molar-refractivity contribution in [3.05, 3.63) is 36.0 Å². The fourth-order valence-electron chi connectivity index (χ4n) is 4.40. The van der Waals surface area contributed by atoms with Crippen LogP contribution in [-0.4, -0.2) is 82.8 Å². The molecule has 4 unspecified atom stereocenters. The van der Waals surface area contributed by atoms with Gasteiger partial charge in [0, 0.05) is 23.5 Å². The highest BCUT2D eigenvalue weighted by molar-refractivity contribution is 5.95. The van der Waals surface area contributed by atoms with Gasteiger partial charge in [-0.3, -0.25) is 14.4 Å². The second kappa shape index (κ2) is 13.7. The average Bonchev–Trinajstić information content (AvgIpc) is 3.57. The van der Waals surface area contributed by atoms with Gasteiger partial charge >= 0.3 is 5.97 Å². The van der Waals surface area contributed by atoms with Crippen LogP contribution in [0.4, 0.5) is 0 Å². The quantitative estimate of drug-likeness (QED) is 0.148. The van der Waals surface area contributed by atoms with Crippen molar-refractivity contribution in [3.63, 3.8) is 0 Å². The Morgan fingerprint density at radius 2 is 1.76 bits per heavy atom. The number of hydrogen-bond donors (Lipinski definition) is 8. The summed E-state index contributed by atoms with van der Waals surface area (Å²) in [7, 11) is 0. The largest absolute Gasteiger partial charge is 0.480 e. The first-order valence-electron chi connectivity index (χ1n) is 12.6. The van der Waals surface area contributed by atoms with Crippen molar-refractivity contribution in [2.45, 2.75) is 62.7 Å². The third kappa shape index (κ3) is 7.75. The van der Waals surface area contributed by atoms with Crippen molar-refractivity contribution >= 4 is 34.6 Å². The van der Waals surface area contributed by atoms with Crippen LogP contribution in [-0.2, 0) is 25.6 Å². The second-order valence-electron chi connectivity index (χ2n) is 9.20. The molecule has 0 radical (unpaired) electrons. The monoisotopic (exact) mass is 516 g/mol. The van der Waals surface area contributed by atoms with Crippen molar-refractivity contribution < 1.29 is 29.4 Å². The maximum absolute atomic E-state index is 13.5. The number of carbonyl (C=O) groups excluding carboxylic acids is 3. The summed E-state index contributed by atoms with van der Waals surface area (Å²) in [6, 6.07) is 3.65. The van der Waals surface area contributed by atoms with Gasteiger partial charge in [0.25, 0.3) is 0 Å². The summed E-state index contributed by atoms with van der Waals surface area (Å²) in [5, 5.41) is 30.3. The summed E-state index contributed by atoms with van der Waals surface area (Å²) in [5.41, 5.74) is 7.28. The number of carboxylic acid groups (broad SMARTS) is 1. The van der Waals surface area contributed by atoms with Gasteiger partial charge in [0.1, 0.15) is 18.1 Å². The Morgan fingerprint density at radius 1 is 1.03 bits per heavy atom. The van der Waals surface area contributed by atoms with Gasteiger partial charge in [-0.15, -0.1) is 0 Å². The standard InChI is InChI=1S/C25H36N6O6/c26-10-4-3-8-19(23(34)31-21(14-32)25(36)37)29-24(35)20(30-22(33)18-9-5-11-27-18)12-15-13-28-17-7-2-1-6-16(15)17/h1-2,6-7,13,18-21,27-28,32H,3-5,8-12,14,26H2,(H,29,35)(H,30,33)(H,31,34)(H,36,37). The van der Waals surface area contributed by atoms with E-state index in [0.29, 0.717) is 25.8 Å². The first kappa shape index (κ1) is 28.1. The lowest BCUT2D eigenvalue weighted by Gasteiger charge is -2.25. The highest BCUT2D eigenvalue weighted by atomic mass is 16.4. The van der Waals surface area contributed by atoms with Crippen molar-refractivity contribution in [2.75, 3.05) is 19.7 Å². The molecule has 1 aromatic carbocycles. The summed E-state index contributed by atoms with van der Waals surface area (Å²) in [6.45, 7) is 0.318. The number of nitrogens with one attached hydrogen (secondary N) is 5. The minimum atomic E-state index is -1.50. The summed E-state index contributed by atoms with van der Waals surface area (Å²) in [6.07, 6.45) is 4.81. The summed E-state index contributed by atoms with van der Waals surface area (Å²) in [4.78, 5) is 53.7. The van der Waals surface area contributed by atoms with Gasteiger partial charge in [0.15, 0.2) is 0 Å². The van der Waals surface area contributed by atoms with Crippen molar-refractivity contribution in [1.82, 2.24) is 26.3 Å². The Morgan fingerprint density at radius 3 is 2.43 bits per heavy atom. The SMILES string of the molecule is NCCCCC(NC(=O)C(Cc1c[nH]c2ccccc12)NC(=O)C1CCCN1)C(=O)NC(CO)C(=O)O. The molecular formula is C25H36N6O6. The first-order valence-corrected chi connectivity index (χ1v) is 12.6. The highest BCUT2D eigenvalue weighted by Crippen LogP contribution is 2.19. The number of aromatic nitrogens is 1. The minimum absolute atomic E-state index is 0.180. The number of aliphatic hydroxyl groups excluding tert-OH is 1. The molecule has 1 fully saturated rings. The molecule has 2 aromatic rings. The van der Waals surface area contributed by atoms with Crippen molar-refractivity contribution in [2.24, 2.45) is 5.73 Å². The summed E-state index contributed by atoms with van der Waals surface area (Å²) < 4.78 is 0. The topological polar surface area (TPSA) is 199 Å². The van der Waals surface area contributed by atoms with Crippen LogP contribution in [0.3, 0.4) is 0 Å². The lowest BCUT2D eigenvalue weighted by molar-refractivity contribution is -0.143. The molecule has 12 nitrogen and oxygen atoms in total. The van der Waals surface area contributed by atoms with E-state index in [1.807, 2.05) is 24.3 Å². The maximum atomic E-state index is 13.5. The van der Waals surface area contributed by atoms with E-state index in [9.17, 15) is 29.4 Å². The zero-order chi connectivity index (χ0) is 26.8. The number of H-pyrrole nitrogens is 1. The number of aromatic amines is 1. The number of fused-ring (bicyclic) bond motifs is 1. The Kier molecular flexibility index (Phi) is 10.4. The maximum Gasteiger partial charge on any atom is 0.328 e. The number of benzene rings is 1. The van der Waals surface area contributed by atoms with E-state index in [0.717, 1.165) is 29.4 Å². The molecule has 0 spiro atoms. The van der Waals surface area contributed by atoms with Crippen LogP contribution in [0.1, 0.15) is 37.7 Å². The van der Waals surface area contributed by atoms with E-state index in [-0.39, 0.29) is 18.7 Å². The predicted molar refractivity (Wildman–Crippen MR) is 136 cm³/mol. The number of rotatable bonds is 14. The molecule has 1 saturated heterocycles. The van der Waals surface area contributed by atoms with Crippen LogP contribution < -0.4 is 27.0 Å². The number of para-hydroxylation sites is 1. The molecule has 202 valence electrons. The van der Waals surface area contributed by atoms with Crippen LogP contribution >= 0.6 is 0 Å². The fourth-order valence-corrected chi connectivity index (χ4v) is 4.40. The number of nitrogens with two attached hydrogens (primary N) is 1. The molecule has 0 aliphatic carbocycles. The lowest BCUT2D eigenvalue weighted by Crippen LogP contribution is -2.57. The van der Waals surface area contributed by atoms with E-state index >= 15 is 0 Å². The zero-order valence-corrected chi connectivity index (χ0v) is 20.7. The van der Waals surface area contributed by atoms with E-state index in [2.05, 4.69) is 26.3 Å². The van der Waals surface area contributed by atoms with Gasteiger partial charge in [-0.25, -0.2) is 4.79 Å². The molecule has 2 heterocycles. The molecule has 12 heteroatoms. The number of unbranched alkanes of at least 4 members (excludes halogenated alkanes) is 1. The van der Waals surface area contributed by atoms with Crippen LogP contribution in [0, 0.1) is 0 Å². The van der Waals surface area contributed by atoms with E-state index in [1.54, 1.807) is 6.20 Å². The summed E-state index contributed by atoms with van der Waals surface area (Å²) >= 11 is 0. The van der Waals surface area contributed by atoms with Gasteiger partial charge in [-0.05, 0) is 56.8 Å². The molecule has 3 rings (SSSR count). The average molecular weight is 517 g/mol. The number of amides is 3. The lowest BCUT2D eigenvalue weighted by atomic mass is 10.0. The number of carbonyl (C=O) groups is 4. The van der Waals surface area contributed by atoms with E-state index in [4.69, 9.17) is 5.73 Å². The molecule has 1 aliphatic rings. The normalized spacial score (nSPS) is 17.6. The first-order chi connectivity index (χ1) is 17.8. The Bertz CT molecular complexity index is 1080. The van der Waals surface area contributed by atoms with Crippen LogP contribution in [0.2, 0.25) is 0 Å². The second-order valence-corrected chi connectivity index (χ2v) is 9.20. The Balaban J connectivity index is 1.79. The van der Waals surface area contributed by atoms with Crippen LogP contribution in [0.15, 0.2) is 30.5 Å². The minimum Gasteiger partial charge on any atom is -0.480 e. The molecule has 0 bridgehead atoms.